The van der Waals surface area contributed by atoms with Gasteiger partial charge in [0.05, 0.1) is 10.6 Å². The normalized spacial score (nSPS) is 14.9. The highest BCUT2D eigenvalue weighted by Crippen LogP contribution is 2.36. The van der Waals surface area contributed by atoms with Crippen LogP contribution in [0.1, 0.15) is 0 Å². The molecular formula is C24H21ClN4O3S3. The smallest absolute Gasteiger partial charge is 0.243 e. The molecule has 0 radical (unpaired) electrons. The highest BCUT2D eigenvalue weighted by molar-refractivity contribution is 8.00. The zero-order valence-corrected chi connectivity index (χ0v) is 21.7. The van der Waals surface area contributed by atoms with E-state index in [1.165, 1.54) is 34.5 Å². The molecule has 0 spiro atoms. The molecule has 7 nitrogen and oxygen atoms in total. The zero-order chi connectivity index (χ0) is 24.4. The third-order valence-electron chi connectivity index (χ3n) is 5.73. The van der Waals surface area contributed by atoms with Crippen LogP contribution in [0.25, 0.3) is 20.7 Å². The average molecular weight is 545 g/mol. The summed E-state index contributed by atoms with van der Waals surface area (Å²) in [5, 5.41) is 2.19. The number of thiophene rings is 1. The van der Waals surface area contributed by atoms with E-state index in [4.69, 9.17) is 11.6 Å². The molecule has 0 unspecified atom stereocenters. The lowest BCUT2D eigenvalue weighted by molar-refractivity contribution is -0.129. The van der Waals surface area contributed by atoms with Gasteiger partial charge < -0.3 is 4.90 Å². The Kier molecular flexibility index (Phi) is 7.08. The summed E-state index contributed by atoms with van der Waals surface area (Å²) in [6.07, 6.45) is 1.53. The molecule has 1 saturated heterocycles. The minimum absolute atomic E-state index is 0.0381. The molecule has 0 N–H and O–H groups in total. The Bertz CT molecular complexity index is 1450. The number of piperazine rings is 1. The second kappa shape index (κ2) is 10.2. The number of hydrogen-bond donors (Lipinski definition) is 0. The van der Waals surface area contributed by atoms with E-state index in [1.807, 2.05) is 18.2 Å². The lowest BCUT2D eigenvalue weighted by atomic mass is 10.2. The zero-order valence-electron chi connectivity index (χ0n) is 18.5. The van der Waals surface area contributed by atoms with Gasteiger partial charge in [-0.1, -0.05) is 53.7 Å². The van der Waals surface area contributed by atoms with Crippen molar-refractivity contribution in [3.8, 4) is 10.4 Å². The van der Waals surface area contributed by atoms with Crippen LogP contribution in [0.2, 0.25) is 5.02 Å². The average Bonchev–Trinajstić information content (AvgIpc) is 3.33. The monoisotopic (exact) mass is 544 g/mol. The Balaban J connectivity index is 1.21. The van der Waals surface area contributed by atoms with Crippen LogP contribution in [0.5, 0.6) is 0 Å². The molecule has 180 valence electrons. The number of thioether (sulfide) groups is 1. The summed E-state index contributed by atoms with van der Waals surface area (Å²) in [6, 6.07) is 18.3. The Morgan fingerprint density at radius 2 is 1.71 bits per heavy atom. The lowest BCUT2D eigenvalue weighted by Gasteiger charge is -2.34. The molecule has 1 amide bonds. The Labute approximate surface area is 216 Å². The van der Waals surface area contributed by atoms with Crippen LogP contribution in [0, 0.1) is 0 Å². The van der Waals surface area contributed by atoms with Crippen LogP contribution < -0.4 is 0 Å². The standard InChI is InChI=1S/C24H21ClN4O3S3/c25-18-6-8-19(9-7-18)35(31,32)29-12-10-28(11-13-29)22(30)15-33-23-20-14-21(17-4-2-1-3-5-17)34-24(20)27-16-26-23/h1-9,14,16H,10-13,15H2. The molecule has 1 aliphatic heterocycles. The number of benzene rings is 2. The number of carbonyl (C=O) groups excluding carboxylic acids is 1. The second-order valence-corrected chi connectivity index (χ2v) is 12.3. The summed E-state index contributed by atoms with van der Waals surface area (Å²) in [7, 11) is -3.61. The van der Waals surface area contributed by atoms with Gasteiger partial charge in [0.25, 0.3) is 0 Å². The van der Waals surface area contributed by atoms with Crippen molar-refractivity contribution in [3.05, 3.63) is 72.0 Å². The molecule has 0 saturated carbocycles. The van der Waals surface area contributed by atoms with E-state index in [1.54, 1.807) is 28.4 Å². The highest BCUT2D eigenvalue weighted by Gasteiger charge is 2.30. The highest BCUT2D eigenvalue weighted by atomic mass is 35.5. The minimum Gasteiger partial charge on any atom is -0.339 e. The van der Waals surface area contributed by atoms with Crippen molar-refractivity contribution < 1.29 is 13.2 Å². The third-order valence-corrected chi connectivity index (χ3v) is 9.97. The van der Waals surface area contributed by atoms with E-state index in [0.29, 0.717) is 18.1 Å². The summed E-state index contributed by atoms with van der Waals surface area (Å²) < 4.78 is 27.2. The summed E-state index contributed by atoms with van der Waals surface area (Å²) >= 11 is 8.86. The van der Waals surface area contributed by atoms with Crippen LogP contribution in [-0.2, 0) is 14.8 Å². The Hall–Kier alpha value is -2.50. The largest absolute Gasteiger partial charge is 0.339 e. The van der Waals surface area contributed by atoms with Crippen molar-refractivity contribution in [1.29, 1.82) is 0 Å². The lowest BCUT2D eigenvalue weighted by Crippen LogP contribution is -2.50. The van der Waals surface area contributed by atoms with Gasteiger partial charge in [-0.2, -0.15) is 4.31 Å². The van der Waals surface area contributed by atoms with E-state index < -0.39 is 10.0 Å². The number of aromatic nitrogens is 2. The van der Waals surface area contributed by atoms with Gasteiger partial charge in [0.2, 0.25) is 15.9 Å². The number of fused-ring (bicyclic) bond motifs is 1. The van der Waals surface area contributed by atoms with Crippen molar-refractivity contribution in [2.75, 3.05) is 31.9 Å². The first-order valence-electron chi connectivity index (χ1n) is 10.9. The van der Waals surface area contributed by atoms with E-state index in [0.717, 1.165) is 25.7 Å². The first-order valence-corrected chi connectivity index (χ1v) is 14.5. The van der Waals surface area contributed by atoms with Crippen LogP contribution in [-0.4, -0.2) is 65.4 Å². The maximum atomic E-state index is 12.9. The SMILES string of the molecule is O=C(CSc1ncnc2sc(-c3ccccc3)cc12)N1CCN(S(=O)(=O)c2ccc(Cl)cc2)CC1. The fraction of sp³-hybridized carbons (Fsp3) is 0.208. The van der Waals surface area contributed by atoms with Gasteiger partial charge in [0, 0.05) is 41.5 Å². The van der Waals surface area contributed by atoms with Gasteiger partial charge in [-0.3, -0.25) is 4.79 Å². The minimum atomic E-state index is -3.61. The van der Waals surface area contributed by atoms with Crippen LogP contribution >= 0.6 is 34.7 Å². The molecule has 1 fully saturated rings. The summed E-state index contributed by atoms with van der Waals surface area (Å²) in [6.45, 7) is 1.21. The molecule has 2 aromatic heterocycles. The molecule has 0 bridgehead atoms. The number of sulfonamides is 1. The van der Waals surface area contributed by atoms with E-state index >= 15 is 0 Å². The maximum Gasteiger partial charge on any atom is 0.243 e. The molecule has 11 heteroatoms. The Morgan fingerprint density at radius 1 is 1.00 bits per heavy atom. The number of rotatable bonds is 6. The topological polar surface area (TPSA) is 83.5 Å². The number of nitrogens with zero attached hydrogens (tertiary/aromatic N) is 4. The van der Waals surface area contributed by atoms with E-state index in [2.05, 4.69) is 28.2 Å². The maximum absolute atomic E-state index is 12.9. The number of carbonyl (C=O) groups is 1. The van der Waals surface area contributed by atoms with Crippen molar-refractivity contribution in [2.24, 2.45) is 0 Å². The predicted molar refractivity (Wildman–Crippen MR) is 140 cm³/mol. The summed E-state index contributed by atoms with van der Waals surface area (Å²) in [5.41, 5.74) is 1.12. The molecular weight excluding hydrogens is 524 g/mol. The van der Waals surface area contributed by atoms with Crippen LogP contribution in [0.3, 0.4) is 0 Å². The molecule has 5 rings (SSSR count). The first-order chi connectivity index (χ1) is 16.9. The van der Waals surface area contributed by atoms with Crippen molar-refractivity contribution >= 4 is 60.8 Å². The fourth-order valence-corrected chi connectivity index (χ4v) is 7.34. The molecule has 1 aliphatic rings. The molecule has 0 atom stereocenters. The second-order valence-electron chi connectivity index (χ2n) is 7.90. The van der Waals surface area contributed by atoms with Crippen LogP contribution in [0.4, 0.5) is 0 Å². The van der Waals surface area contributed by atoms with Gasteiger partial charge >= 0.3 is 0 Å². The fourth-order valence-electron chi connectivity index (χ4n) is 3.85. The summed E-state index contributed by atoms with van der Waals surface area (Å²) in [4.78, 5) is 25.6. The van der Waals surface area contributed by atoms with Crippen molar-refractivity contribution in [3.63, 3.8) is 0 Å². The number of amides is 1. The van der Waals surface area contributed by atoms with Gasteiger partial charge in [0.15, 0.2) is 0 Å². The van der Waals surface area contributed by atoms with E-state index in [-0.39, 0.29) is 29.6 Å². The van der Waals surface area contributed by atoms with Gasteiger partial charge in [-0.05, 0) is 35.9 Å². The van der Waals surface area contributed by atoms with Gasteiger partial charge in [-0.25, -0.2) is 18.4 Å². The van der Waals surface area contributed by atoms with Crippen LogP contribution in [0.15, 0.2) is 76.9 Å². The summed E-state index contributed by atoms with van der Waals surface area (Å²) in [5.74, 6) is 0.191. The molecule has 0 aliphatic carbocycles. The Morgan fingerprint density at radius 3 is 2.43 bits per heavy atom. The molecule has 4 aromatic rings. The quantitative estimate of drug-likeness (QED) is 0.260. The van der Waals surface area contributed by atoms with Crippen molar-refractivity contribution in [2.45, 2.75) is 9.92 Å². The van der Waals surface area contributed by atoms with Gasteiger partial charge in [0.1, 0.15) is 16.2 Å². The predicted octanol–water partition coefficient (Wildman–Crippen LogP) is 4.64. The number of halogens is 1. The van der Waals surface area contributed by atoms with Crippen molar-refractivity contribution in [1.82, 2.24) is 19.2 Å². The van der Waals surface area contributed by atoms with Gasteiger partial charge in [-0.15, -0.1) is 11.3 Å². The van der Waals surface area contributed by atoms with E-state index in [9.17, 15) is 13.2 Å². The molecule has 2 aromatic carbocycles. The first kappa shape index (κ1) is 24.2. The molecule has 35 heavy (non-hydrogen) atoms. The molecule has 3 heterocycles. The third kappa shape index (κ3) is 5.22. The number of hydrogen-bond acceptors (Lipinski definition) is 7.